The van der Waals surface area contributed by atoms with Crippen molar-refractivity contribution in [1.29, 1.82) is 0 Å². The predicted octanol–water partition coefficient (Wildman–Crippen LogP) is 4.46. The number of aromatic hydroxyl groups is 1. The molecule has 0 bridgehead atoms. The van der Waals surface area contributed by atoms with Crippen molar-refractivity contribution in [3.8, 4) is 11.5 Å². The van der Waals surface area contributed by atoms with Gasteiger partial charge in [0.25, 0.3) is 5.91 Å². The van der Waals surface area contributed by atoms with Crippen LogP contribution >= 0.6 is 11.3 Å². The summed E-state index contributed by atoms with van der Waals surface area (Å²) in [5, 5.41) is 41.6. The second kappa shape index (κ2) is 15.9. The number of pyridine rings is 1. The first-order chi connectivity index (χ1) is 22.8. The molecule has 5 rings (SSSR count). The van der Waals surface area contributed by atoms with Crippen LogP contribution in [0.4, 0.5) is 4.79 Å². The van der Waals surface area contributed by atoms with Crippen molar-refractivity contribution in [2.45, 2.75) is 31.6 Å². The SMILES string of the molecule is O=C(O)NC(c1ccccc1)c1cccc(OCc2nc(C(=O)NCCCCNCC(O)c3ccc(O)c4[nH]c(=O)ccc34)cs2)c1. The minimum absolute atomic E-state index is 0.0572. The number of aliphatic hydroxyl groups is 1. The lowest BCUT2D eigenvalue weighted by Gasteiger charge is -2.18. The molecule has 47 heavy (non-hydrogen) atoms. The first-order valence-electron chi connectivity index (χ1n) is 15.0. The van der Waals surface area contributed by atoms with E-state index in [4.69, 9.17) is 4.74 Å². The van der Waals surface area contributed by atoms with Crippen LogP contribution in [0.1, 0.15) is 57.2 Å². The normalized spacial score (nSPS) is 12.4. The van der Waals surface area contributed by atoms with Crippen LogP contribution in [0.15, 0.2) is 89.0 Å². The number of amides is 2. The summed E-state index contributed by atoms with van der Waals surface area (Å²) in [6, 6.07) is 21.9. The highest BCUT2D eigenvalue weighted by atomic mass is 32.1. The molecule has 2 atom stereocenters. The van der Waals surface area contributed by atoms with E-state index < -0.39 is 18.2 Å². The van der Waals surface area contributed by atoms with Crippen LogP contribution in [-0.2, 0) is 6.61 Å². The van der Waals surface area contributed by atoms with Crippen molar-refractivity contribution < 1.29 is 29.6 Å². The fourth-order valence-corrected chi connectivity index (χ4v) is 5.79. The van der Waals surface area contributed by atoms with Gasteiger partial charge in [-0.2, -0.15) is 0 Å². The summed E-state index contributed by atoms with van der Waals surface area (Å²) < 4.78 is 5.92. The maximum Gasteiger partial charge on any atom is 0.405 e. The Morgan fingerprint density at radius 3 is 2.55 bits per heavy atom. The highest BCUT2D eigenvalue weighted by molar-refractivity contribution is 7.09. The quantitative estimate of drug-likeness (QED) is 0.0799. The van der Waals surface area contributed by atoms with Gasteiger partial charge in [0.05, 0.1) is 17.7 Å². The second-order valence-corrected chi connectivity index (χ2v) is 11.7. The van der Waals surface area contributed by atoms with Gasteiger partial charge in [-0.1, -0.05) is 48.5 Å². The van der Waals surface area contributed by atoms with E-state index >= 15 is 0 Å². The average Bonchev–Trinajstić information content (AvgIpc) is 3.56. The monoisotopic (exact) mass is 657 g/mol. The Morgan fingerprint density at radius 1 is 0.957 bits per heavy atom. The Kier molecular flexibility index (Phi) is 11.2. The van der Waals surface area contributed by atoms with Crippen molar-refractivity contribution in [1.82, 2.24) is 25.9 Å². The number of rotatable bonds is 15. The molecule has 0 aliphatic heterocycles. The van der Waals surface area contributed by atoms with Crippen molar-refractivity contribution in [2.24, 2.45) is 0 Å². The number of aromatic nitrogens is 2. The number of carboxylic acid groups (broad SMARTS) is 1. The van der Waals surface area contributed by atoms with Gasteiger partial charge in [0.2, 0.25) is 5.56 Å². The lowest BCUT2D eigenvalue weighted by atomic mass is 9.99. The molecule has 2 heterocycles. The van der Waals surface area contributed by atoms with Gasteiger partial charge in [0.1, 0.15) is 28.8 Å². The number of nitrogens with zero attached hydrogens (tertiary/aromatic N) is 1. The van der Waals surface area contributed by atoms with Gasteiger partial charge in [-0.05, 0) is 60.3 Å². The number of H-pyrrole nitrogens is 1. The third-order valence-electron chi connectivity index (χ3n) is 7.41. The van der Waals surface area contributed by atoms with Crippen LogP contribution in [0.2, 0.25) is 0 Å². The molecule has 0 aliphatic rings. The number of fused-ring (bicyclic) bond motifs is 1. The van der Waals surface area contributed by atoms with Crippen molar-refractivity contribution in [3.05, 3.63) is 122 Å². The van der Waals surface area contributed by atoms with Gasteiger partial charge in [0.15, 0.2) is 0 Å². The minimum Gasteiger partial charge on any atom is -0.506 e. The standard InChI is InChI=1S/C34H35N5O7S/c40-27-13-11-24(25-12-14-29(42)38-32(25)27)28(41)18-35-15-4-5-16-36-33(43)26-20-47-30(37-26)19-46-23-10-6-9-22(17-23)31(39-34(44)45)21-7-2-1-3-8-21/h1-3,6-14,17,20,28,31,35,39-41H,4-5,15-16,18-19H2,(H,36,43)(H,38,42)(H,44,45). The van der Waals surface area contributed by atoms with Crippen LogP contribution in [0, 0.1) is 0 Å². The van der Waals surface area contributed by atoms with Crippen LogP contribution in [0.3, 0.4) is 0 Å². The first-order valence-corrected chi connectivity index (χ1v) is 15.9. The Morgan fingerprint density at radius 2 is 1.74 bits per heavy atom. The summed E-state index contributed by atoms with van der Waals surface area (Å²) in [6.07, 6.45) is -0.489. The van der Waals surface area contributed by atoms with Crippen LogP contribution in [-0.4, -0.2) is 56.9 Å². The zero-order valence-electron chi connectivity index (χ0n) is 25.3. The van der Waals surface area contributed by atoms with Crippen LogP contribution in [0.25, 0.3) is 10.9 Å². The van der Waals surface area contributed by atoms with E-state index in [1.165, 1.54) is 23.5 Å². The lowest BCUT2D eigenvalue weighted by molar-refractivity contribution is 0.0948. The molecule has 244 valence electrons. The number of hydrogen-bond acceptors (Lipinski definition) is 9. The molecular formula is C34H35N5O7S. The van der Waals surface area contributed by atoms with Gasteiger partial charge < -0.3 is 41.0 Å². The predicted molar refractivity (Wildman–Crippen MR) is 178 cm³/mol. The third-order valence-corrected chi connectivity index (χ3v) is 8.23. The lowest BCUT2D eigenvalue weighted by Crippen LogP contribution is -2.27. The molecule has 13 heteroatoms. The molecule has 0 saturated carbocycles. The zero-order chi connectivity index (χ0) is 33.2. The molecule has 0 fully saturated rings. The van der Waals surface area contributed by atoms with Crippen LogP contribution in [0.5, 0.6) is 11.5 Å². The topological polar surface area (TPSA) is 186 Å². The number of thiazole rings is 1. The highest BCUT2D eigenvalue weighted by Gasteiger charge is 2.18. The number of aliphatic hydroxyl groups excluding tert-OH is 1. The number of carbonyl (C=O) groups excluding carboxylic acids is 1. The fourth-order valence-electron chi connectivity index (χ4n) is 5.10. The highest BCUT2D eigenvalue weighted by Crippen LogP contribution is 2.29. The minimum atomic E-state index is -1.13. The summed E-state index contributed by atoms with van der Waals surface area (Å²) >= 11 is 1.31. The molecule has 12 nitrogen and oxygen atoms in total. The largest absolute Gasteiger partial charge is 0.506 e. The molecule has 3 aromatic carbocycles. The average molecular weight is 658 g/mol. The zero-order valence-corrected chi connectivity index (χ0v) is 26.1. The molecule has 2 amide bonds. The van der Waals surface area contributed by atoms with Gasteiger partial charge in [-0.15, -0.1) is 11.3 Å². The second-order valence-electron chi connectivity index (χ2n) is 10.7. The fraction of sp³-hybridized carbons (Fsp3) is 0.235. The van der Waals surface area contributed by atoms with Gasteiger partial charge in [0, 0.05) is 29.9 Å². The van der Waals surface area contributed by atoms with E-state index in [1.54, 1.807) is 35.7 Å². The summed E-state index contributed by atoms with van der Waals surface area (Å²) in [5.41, 5.74) is 2.39. The molecule has 7 N–H and O–H groups in total. The van der Waals surface area contributed by atoms with Gasteiger partial charge in [-0.3, -0.25) is 9.59 Å². The van der Waals surface area contributed by atoms with Gasteiger partial charge in [-0.25, -0.2) is 9.78 Å². The van der Waals surface area contributed by atoms with E-state index in [0.29, 0.717) is 46.0 Å². The number of aromatic amines is 1. The molecule has 0 radical (unpaired) electrons. The maximum absolute atomic E-state index is 12.6. The molecular weight excluding hydrogens is 622 g/mol. The maximum atomic E-state index is 12.6. The number of unbranched alkanes of at least 4 members (excludes halogenated alkanes) is 1. The molecule has 0 saturated heterocycles. The van der Waals surface area contributed by atoms with Gasteiger partial charge >= 0.3 is 6.09 Å². The number of benzene rings is 3. The van der Waals surface area contributed by atoms with Crippen molar-refractivity contribution >= 4 is 34.2 Å². The summed E-state index contributed by atoms with van der Waals surface area (Å²) in [6.45, 7) is 1.52. The Balaban J connectivity index is 1.03. The summed E-state index contributed by atoms with van der Waals surface area (Å²) in [5.74, 6) is 0.213. The molecule has 0 spiro atoms. The molecule has 2 unspecified atom stereocenters. The Labute approximate surface area is 274 Å². The third kappa shape index (κ3) is 8.94. The Bertz CT molecular complexity index is 1880. The number of nitrogens with one attached hydrogen (secondary N) is 4. The number of hydrogen-bond donors (Lipinski definition) is 7. The molecule has 0 aliphatic carbocycles. The van der Waals surface area contributed by atoms with Crippen molar-refractivity contribution in [2.75, 3.05) is 19.6 Å². The number of carbonyl (C=O) groups is 2. The van der Waals surface area contributed by atoms with E-state index in [2.05, 4.69) is 25.9 Å². The van der Waals surface area contributed by atoms with E-state index in [9.17, 15) is 29.7 Å². The van der Waals surface area contributed by atoms with E-state index in [1.807, 2.05) is 36.4 Å². The molecule has 2 aromatic heterocycles. The number of ether oxygens (including phenoxy) is 1. The number of phenolic OH excluding ortho intramolecular Hbond substituents is 1. The number of phenols is 1. The van der Waals surface area contributed by atoms with E-state index in [0.717, 1.165) is 24.0 Å². The summed E-state index contributed by atoms with van der Waals surface area (Å²) in [7, 11) is 0. The van der Waals surface area contributed by atoms with Crippen LogP contribution < -0.4 is 26.2 Å². The Hall–Kier alpha value is -5.24. The smallest absolute Gasteiger partial charge is 0.405 e. The van der Waals surface area contributed by atoms with Crippen molar-refractivity contribution in [3.63, 3.8) is 0 Å². The van der Waals surface area contributed by atoms with E-state index in [-0.39, 0.29) is 30.4 Å². The summed E-state index contributed by atoms with van der Waals surface area (Å²) in [4.78, 5) is 42.7. The first kappa shape index (κ1) is 33.1. The molecule has 5 aromatic rings.